The molecular formula is C18H28N4O5S2. The standard InChI is InChI=1S/C18H28N4O5S2/c1-13(2)19-17(23)14-5-7-21(8-6-14)18(24)20-15-3-4-16(28-15)29(25,26)22-9-11-27-12-10-22/h3-4,13-14H,5-12H2,1-2H3,(H,19,23)(H,20,24). The second-order valence-corrected chi connectivity index (χ2v) is 10.7. The van der Waals surface area contributed by atoms with Crippen molar-refractivity contribution in [2.75, 3.05) is 44.7 Å². The fourth-order valence-corrected chi connectivity index (χ4v) is 6.13. The van der Waals surface area contributed by atoms with Crippen molar-refractivity contribution in [2.24, 2.45) is 5.92 Å². The highest BCUT2D eigenvalue weighted by atomic mass is 32.2. The van der Waals surface area contributed by atoms with Gasteiger partial charge < -0.3 is 15.0 Å². The molecule has 9 nitrogen and oxygen atoms in total. The maximum absolute atomic E-state index is 12.7. The van der Waals surface area contributed by atoms with Crippen LogP contribution < -0.4 is 10.6 Å². The highest BCUT2D eigenvalue weighted by molar-refractivity contribution is 7.91. The molecule has 3 amide bonds. The molecule has 2 aliphatic heterocycles. The van der Waals surface area contributed by atoms with E-state index in [9.17, 15) is 18.0 Å². The number of thiophene rings is 1. The van der Waals surface area contributed by atoms with Crippen LogP contribution in [0.3, 0.4) is 0 Å². The van der Waals surface area contributed by atoms with Crippen LogP contribution in [-0.2, 0) is 19.6 Å². The molecule has 2 aliphatic rings. The largest absolute Gasteiger partial charge is 0.379 e. The first-order chi connectivity index (χ1) is 13.8. The van der Waals surface area contributed by atoms with Crippen LogP contribution in [0.4, 0.5) is 9.80 Å². The molecule has 0 atom stereocenters. The lowest BCUT2D eigenvalue weighted by Gasteiger charge is -2.31. The Morgan fingerprint density at radius 2 is 1.79 bits per heavy atom. The van der Waals surface area contributed by atoms with Gasteiger partial charge in [-0.05, 0) is 38.8 Å². The van der Waals surface area contributed by atoms with E-state index in [-0.39, 0.29) is 28.1 Å². The number of urea groups is 1. The first kappa shape index (κ1) is 22.0. The number of sulfonamides is 1. The summed E-state index contributed by atoms with van der Waals surface area (Å²) >= 11 is 1.04. The third-order valence-corrected chi connectivity index (χ3v) is 8.33. The molecule has 0 aliphatic carbocycles. The van der Waals surface area contributed by atoms with E-state index in [1.807, 2.05) is 13.8 Å². The average Bonchev–Trinajstić information content (AvgIpc) is 3.17. The molecule has 1 aromatic rings. The molecule has 11 heteroatoms. The van der Waals surface area contributed by atoms with Crippen LogP contribution >= 0.6 is 11.3 Å². The van der Waals surface area contributed by atoms with E-state index in [0.29, 0.717) is 57.2 Å². The summed E-state index contributed by atoms with van der Waals surface area (Å²) in [6.45, 7) is 6.28. The zero-order valence-corrected chi connectivity index (χ0v) is 18.4. The molecule has 2 N–H and O–H groups in total. The lowest BCUT2D eigenvalue weighted by Crippen LogP contribution is -2.45. The number of likely N-dealkylation sites (tertiary alicyclic amines) is 1. The van der Waals surface area contributed by atoms with E-state index in [2.05, 4.69) is 10.6 Å². The Hall–Kier alpha value is -1.69. The molecule has 1 aromatic heterocycles. The van der Waals surface area contributed by atoms with Gasteiger partial charge in [-0.2, -0.15) is 4.31 Å². The van der Waals surface area contributed by atoms with Crippen molar-refractivity contribution in [3.63, 3.8) is 0 Å². The minimum atomic E-state index is -3.57. The Morgan fingerprint density at radius 1 is 1.14 bits per heavy atom. The van der Waals surface area contributed by atoms with E-state index in [0.717, 1.165) is 11.3 Å². The fourth-order valence-electron chi connectivity index (χ4n) is 3.37. The zero-order chi connectivity index (χ0) is 21.0. The van der Waals surface area contributed by atoms with Gasteiger partial charge in [-0.25, -0.2) is 13.2 Å². The molecule has 2 fully saturated rings. The molecule has 0 spiro atoms. The predicted molar refractivity (Wildman–Crippen MR) is 110 cm³/mol. The normalized spacial score (nSPS) is 19.3. The highest BCUT2D eigenvalue weighted by Crippen LogP contribution is 2.29. The van der Waals surface area contributed by atoms with E-state index >= 15 is 0 Å². The number of piperidine rings is 1. The summed E-state index contributed by atoms with van der Waals surface area (Å²) in [7, 11) is -3.57. The molecule has 0 unspecified atom stereocenters. The van der Waals surface area contributed by atoms with Crippen molar-refractivity contribution in [1.82, 2.24) is 14.5 Å². The third kappa shape index (κ3) is 5.47. The quantitative estimate of drug-likeness (QED) is 0.716. The summed E-state index contributed by atoms with van der Waals surface area (Å²) in [6, 6.07) is 2.96. The van der Waals surface area contributed by atoms with Gasteiger partial charge in [0.2, 0.25) is 5.91 Å². The van der Waals surface area contributed by atoms with Gasteiger partial charge in [0.1, 0.15) is 4.21 Å². The lowest BCUT2D eigenvalue weighted by atomic mass is 9.96. The number of carbonyl (C=O) groups excluding carboxylic acids is 2. The van der Waals surface area contributed by atoms with Gasteiger partial charge in [-0.3, -0.25) is 10.1 Å². The first-order valence-electron chi connectivity index (χ1n) is 9.81. The van der Waals surface area contributed by atoms with Crippen molar-refractivity contribution in [3.8, 4) is 0 Å². The summed E-state index contributed by atoms with van der Waals surface area (Å²) in [6.07, 6.45) is 1.24. The van der Waals surface area contributed by atoms with Crippen LogP contribution in [0.5, 0.6) is 0 Å². The monoisotopic (exact) mass is 444 g/mol. The van der Waals surface area contributed by atoms with Gasteiger partial charge in [0.15, 0.2) is 0 Å². The number of amides is 3. The van der Waals surface area contributed by atoms with Crippen LogP contribution in [-0.4, -0.2) is 75.0 Å². The van der Waals surface area contributed by atoms with Crippen LogP contribution in [0.25, 0.3) is 0 Å². The topological polar surface area (TPSA) is 108 Å². The van der Waals surface area contributed by atoms with Crippen LogP contribution in [0.2, 0.25) is 0 Å². The Labute approximate surface area is 175 Å². The van der Waals surface area contributed by atoms with Gasteiger partial charge in [-0.1, -0.05) is 0 Å². The van der Waals surface area contributed by atoms with Crippen LogP contribution in [0, 0.1) is 5.92 Å². The molecule has 29 heavy (non-hydrogen) atoms. The van der Waals surface area contributed by atoms with Crippen molar-refractivity contribution >= 4 is 38.3 Å². The number of hydrogen-bond acceptors (Lipinski definition) is 6. The Balaban J connectivity index is 1.54. The molecule has 0 aromatic carbocycles. The zero-order valence-electron chi connectivity index (χ0n) is 16.7. The Morgan fingerprint density at radius 3 is 2.41 bits per heavy atom. The summed E-state index contributed by atoms with van der Waals surface area (Å²) in [5.74, 6) is -0.0373. The number of anilines is 1. The molecule has 0 saturated carbocycles. The van der Waals surface area contributed by atoms with E-state index in [1.165, 1.54) is 10.4 Å². The minimum absolute atomic E-state index is 0.0382. The lowest BCUT2D eigenvalue weighted by molar-refractivity contribution is -0.126. The number of ether oxygens (including phenoxy) is 1. The Bertz CT molecular complexity index is 825. The van der Waals surface area contributed by atoms with E-state index in [1.54, 1.807) is 11.0 Å². The van der Waals surface area contributed by atoms with Gasteiger partial charge in [0.05, 0.1) is 18.2 Å². The number of carbonyl (C=O) groups is 2. The molecule has 162 valence electrons. The molecule has 2 saturated heterocycles. The van der Waals surface area contributed by atoms with Crippen LogP contribution in [0.15, 0.2) is 16.3 Å². The molecular weight excluding hydrogens is 416 g/mol. The molecule has 0 bridgehead atoms. The average molecular weight is 445 g/mol. The summed E-state index contributed by atoms with van der Waals surface area (Å²) in [5, 5.41) is 6.18. The van der Waals surface area contributed by atoms with Gasteiger partial charge in [0.25, 0.3) is 10.0 Å². The van der Waals surface area contributed by atoms with Gasteiger partial charge >= 0.3 is 6.03 Å². The molecule has 0 radical (unpaired) electrons. The highest BCUT2D eigenvalue weighted by Gasteiger charge is 2.30. The van der Waals surface area contributed by atoms with Gasteiger partial charge in [0, 0.05) is 38.1 Å². The summed E-state index contributed by atoms with van der Waals surface area (Å²) in [4.78, 5) is 26.3. The SMILES string of the molecule is CC(C)NC(=O)C1CCN(C(=O)Nc2ccc(S(=O)(=O)N3CCOCC3)s2)CC1. The van der Waals surface area contributed by atoms with Crippen molar-refractivity contribution in [2.45, 2.75) is 36.9 Å². The predicted octanol–water partition coefficient (Wildman–Crippen LogP) is 1.54. The summed E-state index contributed by atoms with van der Waals surface area (Å²) < 4.78 is 32.2. The van der Waals surface area contributed by atoms with E-state index in [4.69, 9.17) is 4.74 Å². The fraction of sp³-hybridized carbons (Fsp3) is 0.667. The smallest absolute Gasteiger partial charge is 0.322 e. The van der Waals surface area contributed by atoms with E-state index < -0.39 is 10.0 Å². The second-order valence-electron chi connectivity index (χ2n) is 7.49. The number of rotatable bonds is 5. The maximum Gasteiger partial charge on any atom is 0.322 e. The number of nitrogens with zero attached hydrogens (tertiary/aromatic N) is 2. The number of morpholine rings is 1. The number of nitrogens with one attached hydrogen (secondary N) is 2. The number of hydrogen-bond donors (Lipinski definition) is 2. The van der Waals surface area contributed by atoms with Crippen molar-refractivity contribution < 1.29 is 22.7 Å². The Kier molecular flexibility index (Phi) is 7.14. The molecule has 3 heterocycles. The second kappa shape index (κ2) is 9.41. The third-order valence-electron chi connectivity index (χ3n) is 4.96. The first-order valence-corrected chi connectivity index (χ1v) is 12.1. The van der Waals surface area contributed by atoms with Crippen LogP contribution in [0.1, 0.15) is 26.7 Å². The summed E-state index contributed by atoms with van der Waals surface area (Å²) in [5.41, 5.74) is 0. The van der Waals surface area contributed by atoms with Gasteiger partial charge in [-0.15, -0.1) is 11.3 Å². The van der Waals surface area contributed by atoms with Crippen molar-refractivity contribution in [3.05, 3.63) is 12.1 Å². The minimum Gasteiger partial charge on any atom is -0.379 e. The molecule has 3 rings (SSSR count). The maximum atomic E-state index is 12.7. The van der Waals surface area contributed by atoms with Crippen molar-refractivity contribution in [1.29, 1.82) is 0 Å².